The number of pyridine rings is 1. The van der Waals surface area contributed by atoms with E-state index in [2.05, 4.69) is 10.3 Å². The number of esters is 2. The fourth-order valence-corrected chi connectivity index (χ4v) is 8.91. The van der Waals surface area contributed by atoms with Crippen LogP contribution in [0.1, 0.15) is 85.8 Å². The number of rotatable bonds is 12. The third-order valence-electron chi connectivity index (χ3n) is 12.1. The van der Waals surface area contributed by atoms with Gasteiger partial charge in [-0.25, -0.2) is 4.98 Å². The Morgan fingerprint density at radius 1 is 0.984 bits per heavy atom. The second-order valence-electron chi connectivity index (χ2n) is 17.7. The number of carbonyl (C=O) groups excluding carboxylic acids is 2. The molecule has 4 rings (SSSR count). The predicted octanol–water partition coefficient (Wildman–Crippen LogP) is 1.59. The number of hydrogen-bond donors (Lipinski definition) is 7. The fraction of sp³-hybridized carbons (Fsp3) is 0.795. The van der Waals surface area contributed by atoms with Gasteiger partial charge >= 0.3 is 11.9 Å². The van der Waals surface area contributed by atoms with Crippen molar-refractivity contribution in [1.82, 2.24) is 9.88 Å². The number of aromatic nitrogens is 1. The Labute approximate surface area is 365 Å². The number of cyclic esters (lactones) is 1. The van der Waals surface area contributed by atoms with E-state index < -0.39 is 128 Å². The number of likely N-dealkylation sites (N-methyl/N-ethyl adjacent to an activating group) is 1. The molecule has 0 bridgehead atoms. The van der Waals surface area contributed by atoms with Crippen molar-refractivity contribution in [1.29, 1.82) is 0 Å². The highest BCUT2D eigenvalue weighted by atomic mass is 16.7. The highest BCUT2D eigenvalue weighted by molar-refractivity contribution is 5.70. The summed E-state index contributed by atoms with van der Waals surface area (Å²) >= 11 is 0. The van der Waals surface area contributed by atoms with Crippen LogP contribution in [0.15, 0.2) is 30.4 Å². The topological polar surface area (TPSA) is 248 Å². The fourth-order valence-electron chi connectivity index (χ4n) is 8.91. The second kappa shape index (κ2) is 23.4. The monoisotopic (exact) mass is 884 g/mol. The summed E-state index contributed by atoms with van der Waals surface area (Å²) in [6.07, 6.45) is -10.8. The van der Waals surface area contributed by atoms with E-state index in [1.54, 1.807) is 72.7 Å². The van der Waals surface area contributed by atoms with Gasteiger partial charge in [-0.3, -0.25) is 9.59 Å². The van der Waals surface area contributed by atoms with Crippen LogP contribution in [-0.2, 0) is 42.7 Å². The minimum absolute atomic E-state index is 0.0468. The van der Waals surface area contributed by atoms with E-state index in [0.717, 1.165) is 5.69 Å². The van der Waals surface area contributed by atoms with Crippen molar-refractivity contribution in [2.75, 3.05) is 33.1 Å². The standard InChI is InChI=1S/C44H73N3O15/c1-11-33(51)60-42-27(6)58-35(22-44(42,7)55)61-39-26(5)59-43(38(54)36(39)47(8)9)62-40-28(17-18-48)19-23(2)37(53)30(49)16-15-29(46-32-14-12-13-24(3)45-32)20-25(4)57-34(52)21-31(50)41(40)56-10/h12-16,23,25-31,35-43,48-50,53-55H,11,17-22H2,1-10H3,(H,45,46)/b16-15-/t23-,25-,26-,27+,28?,29?,30-,31-,35+,36-,37-,38-,39-,40+,41+,42+,43+,44-/m1/s1. The molecule has 1 aromatic heterocycles. The van der Waals surface area contributed by atoms with E-state index in [4.69, 9.17) is 33.2 Å². The molecule has 354 valence electrons. The van der Waals surface area contributed by atoms with Crippen molar-refractivity contribution < 1.29 is 73.4 Å². The Balaban J connectivity index is 1.61. The third-order valence-corrected chi connectivity index (χ3v) is 12.1. The van der Waals surface area contributed by atoms with Gasteiger partial charge in [-0.15, -0.1) is 0 Å². The lowest BCUT2D eigenvalue weighted by Gasteiger charge is -2.50. The molecule has 3 aliphatic rings. The van der Waals surface area contributed by atoms with Crippen LogP contribution < -0.4 is 5.32 Å². The zero-order valence-electron chi connectivity index (χ0n) is 37.9. The maximum absolute atomic E-state index is 13.4. The summed E-state index contributed by atoms with van der Waals surface area (Å²) in [6, 6.07) is 4.25. The van der Waals surface area contributed by atoms with Gasteiger partial charge in [-0.05, 0) is 85.5 Å². The van der Waals surface area contributed by atoms with E-state index >= 15 is 0 Å². The van der Waals surface area contributed by atoms with E-state index in [0.29, 0.717) is 5.82 Å². The summed E-state index contributed by atoms with van der Waals surface area (Å²) in [7, 11) is 4.84. The van der Waals surface area contributed by atoms with E-state index in [9.17, 15) is 40.2 Å². The molecule has 2 unspecified atom stereocenters. The van der Waals surface area contributed by atoms with Gasteiger partial charge in [0.1, 0.15) is 35.8 Å². The molecule has 1 aromatic rings. The highest BCUT2D eigenvalue weighted by Crippen LogP contribution is 2.38. The minimum Gasteiger partial charge on any atom is -0.462 e. The minimum atomic E-state index is -1.49. The van der Waals surface area contributed by atoms with Crippen LogP contribution in [0, 0.1) is 18.8 Å². The summed E-state index contributed by atoms with van der Waals surface area (Å²) in [5.41, 5.74) is -0.706. The lowest BCUT2D eigenvalue weighted by Crippen LogP contribution is -2.66. The zero-order valence-corrected chi connectivity index (χ0v) is 37.9. The van der Waals surface area contributed by atoms with Crippen LogP contribution in [0.3, 0.4) is 0 Å². The van der Waals surface area contributed by atoms with Gasteiger partial charge in [0.2, 0.25) is 0 Å². The molecular weight excluding hydrogens is 810 g/mol. The molecule has 0 amide bonds. The Morgan fingerprint density at radius 3 is 2.31 bits per heavy atom. The molecule has 0 radical (unpaired) electrons. The van der Waals surface area contributed by atoms with Crippen molar-refractivity contribution in [2.45, 2.75) is 184 Å². The molecule has 0 aromatic carbocycles. The number of aliphatic hydroxyl groups is 6. The molecule has 62 heavy (non-hydrogen) atoms. The summed E-state index contributed by atoms with van der Waals surface area (Å²) in [6.45, 7) is 11.6. The lowest BCUT2D eigenvalue weighted by molar-refractivity contribution is -0.344. The van der Waals surface area contributed by atoms with Gasteiger partial charge in [0, 0.05) is 44.7 Å². The average Bonchev–Trinajstić information content (AvgIpc) is 3.18. The number of anilines is 1. The number of carbonyl (C=O) groups is 2. The maximum Gasteiger partial charge on any atom is 0.308 e. The molecule has 18 heteroatoms. The van der Waals surface area contributed by atoms with Gasteiger partial charge in [0.25, 0.3) is 0 Å². The molecular formula is C44H73N3O15. The third kappa shape index (κ3) is 13.8. The summed E-state index contributed by atoms with van der Waals surface area (Å²) in [5.74, 6) is -1.89. The van der Waals surface area contributed by atoms with E-state index in [-0.39, 0.29) is 38.7 Å². The molecule has 7 N–H and O–H groups in total. The first kappa shape index (κ1) is 51.8. The first-order valence-corrected chi connectivity index (χ1v) is 21.8. The van der Waals surface area contributed by atoms with Crippen molar-refractivity contribution in [2.24, 2.45) is 11.8 Å². The molecule has 2 fully saturated rings. The zero-order chi connectivity index (χ0) is 46.1. The highest BCUT2D eigenvalue weighted by Gasteiger charge is 2.52. The van der Waals surface area contributed by atoms with Crippen LogP contribution in [0.25, 0.3) is 0 Å². The summed E-state index contributed by atoms with van der Waals surface area (Å²) in [4.78, 5) is 31.8. The normalized spacial score (nSPS) is 41.0. The average molecular weight is 884 g/mol. The molecule has 2 saturated heterocycles. The SMILES string of the molecule is CCC(=O)O[C@H]1[C@H](C)O[C@@H](O[C@H]2[C@H](N(C)C)[C@@H](O)[C@H](O[C@H]3C(CCO)C[C@@H](C)[C@@H](O)[C@H](O)/C=C\C(Nc4cccc(C)n4)C[C@@H](C)OC(=O)C[C@@H](O)[C@@H]3OC)O[C@@H]2C)C[C@@]1(C)O. The van der Waals surface area contributed by atoms with E-state index in [1.807, 2.05) is 19.1 Å². The quantitative estimate of drug-likeness (QED) is 0.116. The molecule has 0 aliphatic carbocycles. The van der Waals surface area contributed by atoms with Crippen LogP contribution in [0.5, 0.6) is 0 Å². The molecule has 4 heterocycles. The Morgan fingerprint density at radius 2 is 1.69 bits per heavy atom. The number of methoxy groups -OCH3 is 1. The first-order chi connectivity index (χ1) is 29.2. The maximum atomic E-state index is 13.4. The van der Waals surface area contributed by atoms with Gasteiger partial charge in [0.15, 0.2) is 18.7 Å². The largest absolute Gasteiger partial charge is 0.462 e. The van der Waals surface area contributed by atoms with Crippen molar-refractivity contribution >= 4 is 17.8 Å². The molecule has 18 atom stereocenters. The number of ether oxygens (including phenoxy) is 7. The summed E-state index contributed by atoms with van der Waals surface area (Å²) < 4.78 is 42.6. The van der Waals surface area contributed by atoms with Crippen LogP contribution in [0.4, 0.5) is 5.82 Å². The van der Waals surface area contributed by atoms with Gasteiger partial charge < -0.3 is 74.0 Å². The summed E-state index contributed by atoms with van der Waals surface area (Å²) in [5, 5.41) is 71.4. The van der Waals surface area contributed by atoms with Gasteiger partial charge in [-0.1, -0.05) is 32.1 Å². The van der Waals surface area contributed by atoms with Crippen molar-refractivity contribution in [3.8, 4) is 0 Å². The van der Waals surface area contributed by atoms with E-state index in [1.165, 1.54) is 13.2 Å². The van der Waals surface area contributed by atoms with Crippen molar-refractivity contribution in [3.63, 3.8) is 0 Å². The number of aryl methyl sites for hydroxylation is 1. The second-order valence-corrected chi connectivity index (χ2v) is 17.7. The lowest BCUT2D eigenvalue weighted by atomic mass is 9.81. The smallest absolute Gasteiger partial charge is 0.308 e. The number of hydrogen-bond acceptors (Lipinski definition) is 18. The molecule has 0 spiro atoms. The molecule has 0 saturated carbocycles. The van der Waals surface area contributed by atoms with Crippen LogP contribution in [0.2, 0.25) is 0 Å². The number of nitrogens with one attached hydrogen (secondary N) is 1. The first-order valence-electron chi connectivity index (χ1n) is 21.8. The number of aliphatic hydroxyl groups excluding tert-OH is 5. The Hall–Kier alpha value is -2.85. The molecule has 3 aliphatic heterocycles. The van der Waals surface area contributed by atoms with Crippen molar-refractivity contribution in [3.05, 3.63) is 36.0 Å². The predicted molar refractivity (Wildman–Crippen MR) is 225 cm³/mol. The van der Waals surface area contributed by atoms with Crippen LogP contribution in [-0.4, -0.2) is 178 Å². The Kier molecular flexibility index (Phi) is 19.5. The number of nitrogens with zero attached hydrogens (tertiary/aromatic N) is 2. The van der Waals surface area contributed by atoms with Gasteiger partial charge in [0.05, 0.1) is 49.1 Å². The molecule has 18 nitrogen and oxygen atoms in total. The van der Waals surface area contributed by atoms with Gasteiger partial charge in [-0.2, -0.15) is 0 Å². The Bertz CT molecular complexity index is 1590. The van der Waals surface area contributed by atoms with Crippen LogP contribution >= 0.6 is 0 Å².